The Labute approximate surface area is 122 Å². The van der Waals surface area contributed by atoms with E-state index in [0.717, 1.165) is 24.2 Å². The molecule has 1 aliphatic heterocycles. The van der Waals surface area contributed by atoms with E-state index in [0.29, 0.717) is 6.54 Å². The minimum absolute atomic E-state index is 0.162. The number of benzene rings is 1. The van der Waals surface area contributed by atoms with E-state index >= 15 is 0 Å². The molecule has 1 aromatic carbocycles. The van der Waals surface area contributed by atoms with Crippen molar-refractivity contribution in [1.82, 2.24) is 9.13 Å². The number of para-hydroxylation sites is 1. The van der Waals surface area contributed by atoms with Gasteiger partial charge in [0.05, 0.1) is 6.54 Å². The van der Waals surface area contributed by atoms with Gasteiger partial charge in [-0.1, -0.05) is 25.1 Å². The molecule has 2 aromatic rings. The molecule has 110 valence electrons. The molecule has 0 aliphatic carbocycles. The van der Waals surface area contributed by atoms with Gasteiger partial charge in [0.25, 0.3) is 5.56 Å². The number of fused-ring (bicyclic) bond motifs is 1. The molecule has 3 rings (SSSR count). The zero-order valence-corrected chi connectivity index (χ0v) is 12.0. The van der Waals surface area contributed by atoms with Crippen LogP contribution in [0.15, 0.2) is 46.1 Å². The highest BCUT2D eigenvalue weighted by atomic mass is 16.5. The molecule has 0 saturated carbocycles. The van der Waals surface area contributed by atoms with Crippen LogP contribution >= 0.6 is 0 Å². The second kappa shape index (κ2) is 5.60. The van der Waals surface area contributed by atoms with Gasteiger partial charge < -0.3 is 9.30 Å². The molecule has 1 atom stereocenters. The number of rotatable bonds is 4. The van der Waals surface area contributed by atoms with Gasteiger partial charge in [-0.2, -0.15) is 0 Å². The van der Waals surface area contributed by atoms with Crippen molar-refractivity contribution in [2.75, 3.05) is 0 Å². The Morgan fingerprint density at radius 1 is 1.24 bits per heavy atom. The average Bonchev–Trinajstić information content (AvgIpc) is 2.89. The van der Waals surface area contributed by atoms with Gasteiger partial charge in [0.2, 0.25) is 0 Å². The van der Waals surface area contributed by atoms with Crippen LogP contribution in [-0.4, -0.2) is 15.2 Å². The summed E-state index contributed by atoms with van der Waals surface area (Å²) in [5, 5.41) is 0. The van der Waals surface area contributed by atoms with Crippen molar-refractivity contribution in [3.05, 3.63) is 62.9 Å². The van der Waals surface area contributed by atoms with Crippen LogP contribution in [-0.2, 0) is 19.5 Å². The lowest BCUT2D eigenvalue weighted by Gasteiger charge is -2.13. The van der Waals surface area contributed by atoms with Gasteiger partial charge in [0.1, 0.15) is 11.9 Å². The Balaban J connectivity index is 1.85. The fourth-order valence-corrected chi connectivity index (χ4v) is 2.70. The second-order valence-corrected chi connectivity index (χ2v) is 5.29. The lowest BCUT2D eigenvalue weighted by Crippen LogP contribution is -2.42. The average molecular weight is 286 g/mol. The van der Waals surface area contributed by atoms with Gasteiger partial charge in [0.15, 0.2) is 0 Å². The molecule has 0 amide bonds. The summed E-state index contributed by atoms with van der Waals surface area (Å²) in [6.45, 7) is 2.90. The fourth-order valence-electron chi connectivity index (χ4n) is 2.70. The van der Waals surface area contributed by atoms with Gasteiger partial charge in [-0.05, 0) is 18.1 Å². The highest BCUT2D eigenvalue weighted by molar-refractivity contribution is 5.37. The van der Waals surface area contributed by atoms with Crippen LogP contribution in [0.25, 0.3) is 0 Å². The summed E-state index contributed by atoms with van der Waals surface area (Å²) >= 11 is 0. The normalized spacial score (nSPS) is 16.5. The first-order valence-corrected chi connectivity index (χ1v) is 7.24. The summed E-state index contributed by atoms with van der Waals surface area (Å²) in [6.07, 6.45) is 2.98. The smallest absolute Gasteiger partial charge is 0.331 e. The van der Waals surface area contributed by atoms with Gasteiger partial charge in [0, 0.05) is 25.2 Å². The Morgan fingerprint density at radius 2 is 2.05 bits per heavy atom. The van der Waals surface area contributed by atoms with Crippen molar-refractivity contribution < 1.29 is 4.74 Å². The first-order chi connectivity index (χ1) is 10.2. The molecule has 1 aromatic heterocycles. The molecular formula is C16H18N2O3. The first-order valence-electron chi connectivity index (χ1n) is 7.24. The molecule has 21 heavy (non-hydrogen) atoms. The molecule has 2 heterocycles. The number of nitrogens with zero attached hydrogens (tertiary/aromatic N) is 2. The number of hydrogen-bond acceptors (Lipinski definition) is 3. The van der Waals surface area contributed by atoms with Crippen LogP contribution in [0.5, 0.6) is 5.75 Å². The van der Waals surface area contributed by atoms with Crippen LogP contribution < -0.4 is 16.0 Å². The third kappa shape index (κ3) is 2.63. The van der Waals surface area contributed by atoms with E-state index in [2.05, 4.69) is 0 Å². The quantitative estimate of drug-likeness (QED) is 0.854. The zero-order valence-electron chi connectivity index (χ0n) is 12.0. The molecular weight excluding hydrogens is 268 g/mol. The Hall–Kier alpha value is -2.30. The van der Waals surface area contributed by atoms with E-state index in [-0.39, 0.29) is 23.9 Å². The monoisotopic (exact) mass is 286 g/mol. The third-order valence-corrected chi connectivity index (χ3v) is 3.70. The largest absolute Gasteiger partial charge is 0.488 e. The number of ether oxygens (including phenoxy) is 1. The zero-order chi connectivity index (χ0) is 14.8. The van der Waals surface area contributed by atoms with E-state index in [1.165, 1.54) is 10.6 Å². The maximum Gasteiger partial charge on any atom is 0.331 e. The van der Waals surface area contributed by atoms with Crippen LogP contribution in [0.4, 0.5) is 0 Å². The van der Waals surface area contributed by atoms with Gasteiger partial charge in [-0.3, -0.25) is 9.36 Å². The molecule has 0 radical (unpaired) electrons. The molecule has 0 saturated heterocycles. The van der Waals surface area contributed by atoms with Gasteiger partial charge >= 0.3 is 5.69 Å². The van der Waals surface area contributed by atoms with Crippen molar-refractivity contribution in [3.63, 3.8) is 0 Å². The minimum atomic E-state index is -0.271. The Kier molecular flexibility index (Phi) is 3.64. The van der Waals surface area contributed by atoms with E-state index < -0.39 is 0 Å². The van der Waals surface area contributed by atoms with Crippen molar-refractivity contribution in [2.24, 2.45) is 0 Å². The van der Waals surface area contributed by atoms with Crippen LogP contribution in [0.3, 0.4) is 0 Å². The summed E-state index contributed by atoms with van der Waals surface area (Å²) < 4.78 is 8.66. The van der Waals surface area contributed by atoms with Gasteiger partial charge in [-0.15, -0.1) is 0 Å². The van der Waals surface area contributed by atoms with Crippen LogP contribution in [0.2, 0.25) is 0 Å². The SMILES string of the molecule is CCCn1ccc(=O)n(CC2Cc3ccccc3O2)c1=O. The Morgan fingerprint density at radius 3 is 2.81 bits per heavy atom. The molecule has 5 heteroatoms. The summed E-state index contributed by atoms with van der Waals surface area (Å²) in [4.78, 5) is 24.3. The number of aryl methyl sites for hydroxylation is 1. The lowest BCUT2D eigenvalue weighted by molar-refractivity contribution is 0.204. The molecule has 0 spiro atoms. The third-order valence-electron chi connectivity index (χ3n) is 3.70. The minimum Gasteiger partial charge on any atom is -0.488 e. The predicted molar refractivity (Wildman–Crippen MR) is 79.8 cm³/mol. The fraction of sp³-hybridized carbons (Fsp3) is 0.375. The Bertz CT molecular complexity index is 736. The lowest BCUT2D eigenvalue weighted by atomic mass is 10.1. The molecule has 0 N–H and O–H groups in total. The summed E-state index contributed by atoms with van der Waals surface area (Å²) in [5.41, 5.74) is 0.594. The molecule has 1 unspecified atom stereocenters. The molecule has 0 bridgehead atoms. The highest BCUT2D eigenvalue weighted by Crippen LogP contribution is 2.28. The summed E-state index contributed by atoms with van der Waals surface area (Å²) in [7, 11) is 0. The maximum absolute atomic E-state index is 12.3. The summed E-state index contributed by atoms with van der Waals surface area (Å²) in [6, 6.07) is 9.26. The molecule has 1 aliphatic rings. The van der Waals surface area contributed by atoms with Crippen molar-refractivity contribution in [2.45, 2.75) is 39.0 Å². The van der Waals surface area contributed by atoms with Crippen LogP contribution in [0.1, 0.15) is 18.9 Å². The van der Waals surface area contributed by atoms with Gasteiger partial charge in [-0.25, -0.2) is 4.79 Å². The topological polar surface area (TPSA) is 53.2 Å². The maximum atomic E-state index is 12.3. The van der Waals surface area contributed by atoms with E-state index in [1.807, 2.05) is 31.2 Å². The van der Waals surface area contributed by atoms with E-state index in [9.17, 15) is 9.59 Å². The van der Waals surface area contributed by atoms with Crippen molar-refractivity contribution in [1.29, 1.82) is 0 Å². The standard InChI is InChI=1S/C16H18N2O3/c1-2-8-17-9-7-15(19)18(16(17)20)11-13-10-12-5-3-4-6-14(12)21-13/h3-7,9,13H,2,8,10-11H2,1H3. The molecule has 5 nitrogen and oxygen atoms in total. The predicted octanol–water partition coefficient (Wildman–Crippen LogP) is 1.42. The second-order valence-electron chi connectivity index (χ2n) is 5.29. The molecule has 0 fully saturated rings. The van der Waals surface area contributed by atoms with Crippen molar-refractivity contribution >= 4 is 0 Å². The summed E-state index contributed by atoms with van der Waals surface area (Å²) in [5.74, 6) is 0.848. The number of aromatic nitrogens is 2. The van der Waals surface area contributed by atoms with E-state index in [1.54, 1.807) is 10.8 Å². The van der Waals surface area contributed by atoms with Crippen molar-refractivity contribution in [3.8, 4) is 5.75 Å². The highest BCUT2D eigenvalue weighted by Gasteiger charge is 2.23. The van der Waals surface area contributed by atoms with Crippen LogP contribution in [0, 0.1) is 0 Å². The number of hydrogen-bond donors (Lipinski definition) is 0. The first kappa shape index (κ1) is 13.7. The van der Waals surface area contributed by atoms with E-state index in [4.69, 9.17) is 4.74 Å².